The van der Waals surface area contributed by atoms with Crippen LogP contribution in [0, 0.1) is 11.8 Å². The molecule has 0 bridgehead atoms. The third-order valence-corrected chi connectivity index (χ3v) is 6.23. The fourth-order valence-electron chi connectivity index (χ4n) is 4.56. The largest absolute Gasteiger partial charge is 0.341 e. The van der Waals surface area contributed by atoms with E-state index >= 15 is 0 Å². The van der Waals surface area contributed by atoms with E-state index in [0.717, 1.165) is 38.8 Å². The van der Waals surface area contributed by atoms with Crippen molar-refractivity contribution < 1.29 is 9.59 Å². The van der Waals surface area contributed by atoms with Crippen LogP contribution in [0.4, 0.5) is 0 Å². The number of hydrogen-bond acceptors (Lipinski definition) is 4. The number of carbonyl (C=O) groups excluding carboxylic acids is 2. The smallest absolute Gasteiger partial charge is 0.240 e. The van der Waals surface area contributed by atoms with E-state index in [0.29, 0.717) is 23.7 Å². The minimum absolute atomic E-state index is 0.0606. The van der Waals surface area contributed by atoms with Gasteiger partial charge in [-0.15, -0.1) is 0 Å². The van der Waals surface area contributed by atoms with Gasteiger partial charge in [-0.2, -0.15) is 0 Å². The lowest BCUT2D eigenvalue weighted by atomic mass is 9.87. The third-order valence-electron chi connectivity index (χ3n) is 5.83. The van der Waals surface area contributed by atoms with Gasteiger partial charge in [-0.25, -0.2) is 0 Å². The standard InChI is InChI=1S/C20H24N2O2S/c23-16(11-13-9-14-5-1-2-6-15(14)10-13)18-17(25)12-21-19(18)20(24)22-7-3-4-8-22/h1-2,5-6,13,18-19,21H,3-4,7-12H2/t18?,19-/m0/s1. The summed E-state index contributed by atoms with van der Waals surface area (Å²) < 4.78 is 0. The second kappa shape index (κ2) is 6.96. The number of thiocarbonyl (C=S) groups is 1. The molecule has 1 aromatic carbocycles. The highest BCUT2D eigenvalue weighted by Gasteiger charge is 2.43. The lowest BCUT2D eigenvalue weighted by Crippen LogP contribution is -2.47. The van der Waals surface area contributed by atoms with Gasteiger partial charge in [0.2, 0.25) is 5.91 Å². The summed E-state index contributed by atoms with van der Waals surface area (Å²) in [7, 11) is 0. The van der Waals surface area contributed by atoms with Gasteiger partial charge < -0.3 is 10.2 Å². The summed E-state index contributed by atoms with van der Waals surface area (Å²) in [5, 5.41) is 3.20. The molecular weight excluding hydrogens is 332 g/mol. The van der Waals surface area contributed by atoms with Crippen molar-refractivity contribution in [2.75, 3.05) is 19.6 Å². The minimum atomic E-state index is -0.443. The first kappa shape index (κ1) is 16.9. The summed E-state index contributed by atoms with van der Waals surface area (Å²) in [6.07, 6.45) is 4.55. The van der Waals surface area contributed by atoms with E-state index in [-0.39, 0.29) is 11.7 Å². The number of carbonyl (C=O) groups is 2. The zero-order chi connectivity index (χ0) is 17.4. The summed E-state index contributed by atoms with van der Waals surface area (Å²) in [5.74, 6) is 0.124. The second-order valence-electron chi connectivity index (χ2n) is 7.55. The quantitative estimate of drug-likeness (QED) is 0.838. The van der Waals surface area contributed by atoms with Crippen molar-refractivity contribution in [2.24, 2.45) is 11.8 Å². The number of benzene rings is 1. The molecule has 1 amide bonds. The molecule has 25 heavy (non-hydrogen) atoms. The van der Waals surface area contributed by atoms with Crippen LogP contribution in [0.25, 0.3) is 0 Å². The molecule has 0 saturated carbocycles. The van der Waals surface area contributed by atoms with Crippen molar-refractivity contribution in [3.8, 4) is 0 Å². The summed E-state index contributed by atoms with van der Waals surface area (Å²) >= 11 is 5.44. The summed E-state index contributed by atoms with van der Waals surface area (Å²) in [5.41, 5.74) is 2.72. The molecule has 3 aliphatic rings. The van der Waals surface area contributed by atoms with E-state index in [1.165, 1.54) is 11.1 Å². The molecule has 2 heterocycles. The van der Waals surface area contributed by atoms with Crippen molar-refractivity contribution >= 4 is 28.8 Å². The van der Waals surface area contributed by atoms with E-state index in [1.807, 2.05) is 4.90 Å². The van der Waals surface area contributed by atoms with Crippen LogP contribution in [0.1, 0.15) is 30.4 Å². The summed E-state index contributed by atoms with van der Waals surface area (Å²) in [6.45, 7) is 2.12. The molecule has 1 aromatic rings. The third kappa shape index (κ3) is 3.27. The Balaban J connectivity index is 1.43. The van der Waals surface area contributed by atoms with E-state index in [4.69, 9.17) is 12.2 Å². The van der Waals surface area contributed by atoms with Crippen LogP contribution in [0.5, 0.6) is 0 Å². The van der Waals surface area contributed by atoms with Crippen molar-refractivity contribution in [3.63, 3.8) is 0 Å². The SMILES string of the molecule is O=C(CC1Cc2ccccc2C1)C1C(=S)CN[C@@H]1C(=O)N1CCCC1. The number of amides is 1. The highest BCUT2D eigenvalue weighted by Crippen LogP contribution is 2.31. The lowest BCUT2D eigenvalue weighted by molar-refractivity contribution is -0.135. The van der Waals surface area contributed by atoms with Gasteiger partial charge in [0.05, 0.1) is 5.92 Å². The Bertz CT molecular complexity index is 686. The molecule has 2 fully saturated rings. The van der Waals surface area contributed by atoms with Gasteiger partial charge in [0.25, 0.3) is 0 Å². The van der Waals surface area contributed by atoms with Crippen molar-refractivity contribution in [2.45, 2.75) is 38.1 Å². The fourth-order valence-corrected chi connectivity index (χ4v) is 4.91. The van der Waals surface area contributed by atoms with Gasteiger partial charge >= 0.3 is 0 Å². The Morgan fingerprint density at radius 3 is 2.40 bits per heavy atom. The van der Waals surface area contributed by atoms with Gasteiger partial charge in [-0.1, -0.05) is 36.5 Å². The van der Waals surface area contributed by atoms with Crippen LogP contribution in [0.15, 0.2) is 24.3 Å². The average molecular weight is 356 g/mol. The Hall–Kier alpha value is -1.59. The first-order chi connectivity index (χ1) is 12.1. The Labute approximate surface area is 154 Å². The maximum atomic E-state index is 13.0. The molecule has 0 spiro atoms. The minimum Gasteiger partial charge on any atom is -0.341 e. The number of fused-ring (bicyclic) bond motifs is 1. The van der Waals surface area contributed by atoms with Gasteiger partial charge in [0.15, 0.2) is 0 Å². The molecule has 2 atom stereocenters. The first-order valence-corrected chi connectivity index (χ1v) is 9.68. The molecule has 4 rings (SSSR count). The average Bonchev–Trinajstić information content (AvgIpc) is 3.32. The van der Waals surface area contributed by atoms with Crippen LogP contribution >= 0.6 is 12.2 Å². The van der Waals surface area contributed by atoms with Crippen molar-refractivity contribution in [1.29, 1.82) is 0 Å². The zero-order valence-electron chi connectivity index (χ0n) is 14.4. The molecule has 5 heteroatoms. The molecule has 2 saturated heterocycles. The van der Waals surface area contributed by atoms with Crippen molar-refractivity contribution in [3.05, 3.63) is 35.4 Å². The molecule has 1 unspecified atom stereocenters. The maximum Gasteiger partial charge on any atom is 0.240 e. The second-order valence-corrected chi connectivity index (χ2v) is 8.07. The molecule has 2 aliphatic heterocycles. The van der Waals surface area contributed by atoms with E-state index in [1.54, 1.807) is 0 Å². The Morgan fingerprint density at radius 2 is 1.76 bits per heavy atom. The monoisotopic (exact) mass is 356 g/mol. The van der Waals surface area contributed by atoms with Crippen LogP contribution in [-0.4, -0.2) is 47.1 Å². The van der Waals surface area contributed by atoms with E-state index in [9.17, 15) is 9.59 Å². The number of rotatable bonds is 4. The number of ketones is 1. The molecule has 1 N–H and O–H groups in total. The van der Waals surface area contributed by atoms with Crippen molar-refractivity contribution in [1.82, 2.24) is 10.2 Å². The van der Waals surface area contributed by atoms with Crippen LogP contribution in [0.3, 0.4) is 0 Å². The van der Waals surface area contributed by atoms with Gasteiger partial charge in [0.1, 0.15) is 11.8 Å². The Morgan fingerprint density at radius 1 is 1.12 bits per heavy atom. The first-order valence-electron chi connectivity index (χ1n) is 9.28. The lowest BCUT2D eigenvalue weighted by Gasteiger charge is -2.24. The van der Waals surface area contributed by atoms with E-state index < -0.39 is 12.0 Å². The number of likely N-dealkylation sites (tertiary alicyclic amines) is 1. The van der Waals surface area contributed by atoms with E-state index in [2.05, 4.69) is 29.6 Å². The molecule has 0 radical (unpaired) electrons. The molecule has 1 aliphatic carbocycles. The van der Waals surface area contributed by atoms with Gasteiger partial charge in [0, 0.05) is 30.9 Å². The predicted octanol–water partition coefficient (Wildman–Crippen LogP) is 1.94. The van der Waals surface area contributed by atoms with Gasteiger partial charge in [-0.05, 0) is 42.7 Å². The van der Waals surface area contributed by atoms with Crippen LogP contribution < -0.4 is 5.32 Å². The number of nitrogens with zero attached hydrogens (tertiary/aromatic N) is 1. The number of hydrogen-bond donors (Lipinski definition) is 1. The summed E-state index contributed by atoms with van der Waals surface area (Å²) in [6, 6.07) is 7.98. The molecule has 132 valence electrons. The summed E-state index contributed by atoms with van der Waals surface area (Å²) in [4.78, 5) is 28.4. The predicted molar refractivity (Wildman–Crippen MR) is 101 cm³/mol. The molecular formula is C20H24N2O2S. The molecule has 4 nitrogen and oxygen atoms in total. The number of Topliss-reactive ketones (excluding diaryl/α,β-unsaturated/α-hetero) is 1. The van der Waals surface area contributed by atoms with Gasteiger partial charge in [-0.3, -0.25) is 9.59 Å². The maximum absolute atomic E-state index is 13.0. The highest BCUT2D eigenvalue weighted by molar-refractivity contribution is 7.80. The normalized spacial score (nSPS) is 26.2. The number of nitrogens with one attached hydrogen (secondary N) is 1. The topological polar surface area (TPSA) is 49.4 Å². The molecule has 0 aromatic heterocycles. The highest BCUT2D eigenvalue weighted by atomic mass is 32.1. The Kier molecular flexibility index (Phi) is 4.69. The van der Waals surface area contributed by atoms with Crippen LogP contribution in [0.2, 0.25) is 0 Å². The zero-order valence-corrected chi connectivity index (χ0v) is 15.2. The van der Waals surface area contributed by atoms with Crippen LogP contribution in [-0.2, 0) is 22.4 Å². The fraction of sp³-hybridized carbons (Fsp3) is 0.550.